The summed E-state index contributed by atoms with van der Waals surface area (Å²) < 4.78 is 49.5. The van der Waals surface area contributed by atoms with Crippen molar-refractivity contribution in [1.82, 2.24) is 19.5 Å². The number of anilines is 1. The maximum atomic E-state index is 12.2. The van der Waals surface area contributed by atoms with Crippen molar-refractivity contribution in [2.45, 2.75) is 23.0 Å². The molecule has 0 aliphatic heterocycles. The monoisotopic (exact) mass is 393 g/mol. The Hall–Kier alpha value is -2.03. The van der Waals surface area contributed by atoms with Crippen LogP contribution >= 0.6 is 0 Å². The number of nitrogens with zero attached hydrogens (tertiary/aromatic N) is 3. The van der Waals surface area contributed by atoms with Gasteiger partial charge in [0.25, 0.3) is 5.56 Å². The number of aliphatic hydroxyl groups excluding tert-OH is 2. The number of aromatic amines is 1. The summed E-state index contributed by atoms with van der Waals surface area (Å²) in [6.07, 6.45) is 1.02. The smallest absolute Gasteiger partial charge is 0.280 e. The van der Waals surface area contributed by atoms with Crippen molar-refractivity contribution in [3.05, 3.63) is 16.7 Å². The molecule has 2 aromatic heterocycles. The predicted molar refractivity (Wildman–Crippen MR) is 85.8 cm³/mol. The Labute approximate surface area is 141 Å². The first-order valence-electron chi connectivity index (χ1n) is 6.99. The Morgan fingerprint density at radius 2 is 1.88 bits per heavy atom. The van der Waals surface area contributed by atoms with Gasteiger partial charge in [0.15, 0.2) is 30.8 Å². The van der Waals surface area contributed by atoms with E-state index in [1.165, 1.54) is 10.9 Å². The number of imidazole rings is 1. The van der Waals surface area contributed by atoms with Crippen LogP contribution in [0.2, 0.25) is 0 Å². The van der Waals surface area contributed by atoms with Crippen LogP contribution in [0.25, 0.3) is 11.2 Å². The minimum Gasteiger partial charge on any atom is -0.380 e. The van der Waals surface area contributed by atoms with Gasteiger partial charge in [-0.1, -0.05) is 0 Å². The van der Waals surface area contributed by atoms with Crippen molar-refractivity contribution in [3.63, 3.8) is 0 Å². The third kappa shape index (κ3) is 2.70. The second-order valence-electron chi connectivity index (χ2n) is 5.67. The minimum absolute atomic E-state index is 0.00392. The molecule has 12 nitrogen and oxygen atoms in total. The molecule has 0 aromatic carbocycles. The molecule has 0 radical (unpaired) electrons. The van der Waals surface area contributed by atoms with E-state index >= 15 is 0 Å². The summed E-state index contributed by atoms with van der Waals surface area (Å²) in [5.41, 5.74) is 4.78. The Morgan fingerprint density at radius 1 is 1.24 bits per heavy atom. The zero-order valence-corrected chi connectivity index (χ0v) is 14.2. The van der Waals surface area contributed by atoms with Crippen molar-refractivity contribution in [1.29, 1.82) is 0 Å². The van der Waals surface area contributed by atoms with Gasteiger partial charge in [-0.25, -0.2) is 21.8 Å². The number of H-pyrrole nitrogens is 1. The molecule has 1 aliphatic rings. The number of hydrogen-bond acceptors (Lipinski definition) is 10. The minimum atomic E-state index is -4.20. The summed E-state index contributed by atoms with van der Waals surface area (Å²) in [6.45, 7) is 0. The van der Waals surface area contributed by atoms with Crippen LogP contribution in [-0.4, -0.2) is 68.9 Å². The molecule has 138 valence electrons. The standard InChI is InChI=1S/C11H15N5O7S2/c12-11-14-9-7(10(19)15-11)13-2-16(9)5-1-6(24(20,21)3-17)8(5)25(22,23)4-18/h2,5-6,8,17-18H,1,3-4H2,(H3,12,14,15,19). The van der Waals surface area contributed by atoms with Crippen LogP contribution in [0.5, 0.6) is 0 Å². The van der Waals surface area contributed by atoms with E-state index < -0.39 is 53.7 Å². The van der Waals surface area contributed by atoms with Crippen molar-refractivity contribution in [3.8, 4) is 0 Å². The van der Waals surface area contributed by atoms with E-state index in [2.05, 4.69) is 15.0 Å². The molecule has 3 rings (SSSR count). The highest BCUT2D eigenvalue weighted by Crippen LogP contribution is 2.43. The fourth-order valence-electron chi connectivity index (χ4n) is 3.02. The zero-order valence-electron chi connectivity index (χ0n) is 12.6. The van der Waals surface area contributed by atoms with E-state index in [-0.39, 0.29) is 23.5 Å². The van der Waals surface area contributed by atoms with E-state index in [1.807, 2.05) is 0 Å². The van der Waals surface area contributed by atoms with Crippen LogP contribution < -0.4 is 11.3 Å². The predicted octanol–water partition coefficient (Wildman–Crippen LogP) is -2.89. The second kappa shape index (κ2) is 5.76. The van der Waals surface area contributed by atoms with Crippen molar-refractivity contribution in [2.24, 2.45) is 0 Å². The number of sulfone groups is 2. The van der Waals surface area contributed by atoms with Gasteiger partial charge >= 0.3 is 0 Å². The van der Waals surface area contributed by atoms with Gasteiger partial charge in [0.1, 0.15) is 17.1 Å². The SMILES string of the molecule is Nc1nc2c(ncn2C2CC(S(=O)(=O)CO)C2S(=O)(=O)CO)c(=O)[nH]1. The first kappa shape index (κ1) is 17.8. The lowest BCUT2D eigenvalue weighted by Gasteiger charge is -2.43. The molecule has 2 aromatic rings. The highest BCUT2D eigenvalue weighted by atomic mass is 32.2. The zero-order chi connectivity index (χ0) is 18.6. The second-order valence-corrected chi connectivity index (χ2v) is 9.98. The lowest BCUT2D eigenvalue weighted by atomic mass is 9.91. The maximum Gasteiger partial charge on any atom is 0.280 e. The van der Waals surface area contributed by atoms with Gasteiger partial charge in [0, 0.05) is 0 Å². The molecule has 3 unspecified atom stereocenters. The largest absolute Gasteiger partial charge is 0.380 e. The number of fused-ring (bicyclic) bond motifs is 1. The molecule has 2 heterocycles. The van der Waals surface area contributed by atoms with Gasteiger partial charge in [-0.2, -0.15) is 4.98 Å². The number of hydrogen-bond donors (Lipinski definition) is 4. The number of aromatic nitrogens is 4. The van der Waals surface area contributed by atoms with Gasteiger partial charge in [-0.05, 0) is 6.42 Å². The molecule has 14 heteroatoms. The highest BCUT2D eigenvalue weighted by Gasteiger charge is 2.55. The summed E-state index contributed by atoms with van der Waals surface area (Å²) in [6, 6.07) is -0.929. The molecule has 0 amide bonds. The average molecular weight is 393 g/mol. The third-order valence-corrected chi connectivity index (χ3v) is 8.04. The van der Waals surface area contributed by atoms with Gasteiger partial charge in [0.2, 0.25) is 5.95 Å². The molecule has 25 heavy (non-hydrogen) atoms. The number of rotatable bonds is 5. The first-order chi connectivity index (χ1) is 11.6. The van der Waals surface area contributed by atoms with Crippen molar-refractivity contribution in [2.75, 3.05) is 17.6 Å². The van der Waals surface area contributed by atoms with E-state index in [0.29, 0.717) is 0 Å². The summed E-state index contributed by atoms with van der Waals surface area (Å²) in [5, 5.41) is 15.3. The van der Waals surface area contributed by atoms with E-state index in [4.69, 9.17) is 15.9 Å². The van der Waals surface area contributed by atoms with Gasteiger partial charge in [0.05, 0.1) is 17.6 Å². The van der Waals surface area contributed by atoms with Gasteiger partial charge in [-0.3, -0.25) is 9.78 Å². The molecular weight excluding hydrogens is 378 g/mol. The van der Waals surface area contributed by atoms with E-state index in [0.717, 1.165) is 0 Å². The summed E-state index contributed by atoms with van der Waals surface area (Å²) >= 11 is 0. The molecule has 5 N–H and O–H groups in total. The number of nitrogens with two attached hydrogens (primary N) is 1. The van der Waals surface area contributed by atoms with E-state index in [1.54, 1.807) is 0 Å². The summed E-state index contributed by atoms with van der Waals surface area (Å²) in [4.78, 5) is 21.8. The fraction of sp³-hybridized carbons (Fsp3) is 0.545. The Balaban J connectivity index is 2.14. The number of nitrogens with one attached hydrogen (secondary N) is 1. The highest BCUT2D eigenvalue weighted by molar-refractivity contribution is 7.96. The molecule has 0 spiro atoms. The van der Waals surface area contributed by atoms with Crippen LogP contribution in [0.3, 0.4) is 0 Å². The van der Waals surface area contributed by atoms with Gasteiger partial charge < -0.3 is 20.5 Å². The molecule has 1 fully saturated rings. The third-order valence-electron chi connectivity index (χ3n) is 4.26. The average Bonchev–Trinajstić information content (AvgIpc) is 2.89. The molecule has 1 saturated carbocycles. The van der Waals surface area contributed by atoms with Crippen LogP contribution in [-0.2, 0) is 19.7 Å². The Morgan fingerprint density at radius 3 is 2.48 bits per heavy atom. The van der Waals surface area contributed by atoms with Crippen LogP contribution in [0, 0.1) is 0 Å². The number of nitrogen functional groups attached to an aromatic ring is 1. The van der Waals surface area contributed by atoms with Crippen LogP contribution in [0.15, 0.2) is 11.1 Å². The Kier molecular flexibility index (Phi) is 4.09. The fourth-order valence-corrected chi connectivity index (χ4v) is 6.77. The first-order valence-corrected chi connectivity index (χ1v) is 10.4. The van der Waals surface area contributed by atoms with E-state index in [9.17, 15) is 21.6 Å². The quantitative estimate of drug-likeness (QED) is 0.409. The molecular formula is C11H15N5O7S2. The van der Waals surface area contributed by atoms with Gasteiger partial charge in [-0.15, -0.1) is 0 Å². The lowest BCUT2D eigenvalue weighted by Crippen LogP contribution is -2.56. The Bertz CT molecular complexity index is 1090. The molecule has 3 atom stereocenters. The molecule has 1 aliphatic carbocycles. The van der Waals surface area contributed by atoms with Crippen molar-refractivity contribution < 1.29 is 27.0 Å². The van der Waals surface area contributed by atoms with Crippen molar-refractivity contribution >= 4 is 36.8 Å². The number of aliphatic hydroxyl groups is 2. The molecule has 0 saturated heterocycles. The normalized spacial score (nSPS) is 24.3. The van der Waals surface area contributed by atoms with Crippen LogP contribution in [0.1, 0.15) is 12.5 Å². The van der Waals surface area contributed by atoms with Crippen LogP contribution in [0.4, 0.5) is 5.95 Å². The summed E-state index contributed by atoms with van der Waals surface area (Å²) in [5.74, 6) is -2.68. The molecule has 0 bridgehead atoms. The lowest BCUT2D eigenvalue weighted by molar-refractivity contribution is 0.292. The topological polar surface area (TPSA) is 198 Å². The maximum absolute atomic E-state index is 12.2. The summed E-state index contributed by atoms with van der Waals surface area (Å²) in [7, 11) is -8.28.